The van der Waals surface area contributed by atoms with Crippen LogP contribution in [0.2, 0.25) is 0 Å². The predicted molar refractivity (Wildman–Crippen MR) is 52.8 cm³/mol. The molecule has 13 heavy (non-hydrogen) atoms. The Labute approximate surface area is 79.0 Å². The first kappa shape index (κ1) is 6.64. The lowest BCUT2D eigenvalue weighted by Crippen LogP contribution is -2.30. The molecule has 0 aliphatic heterocycles. The van der Waals surface area contributed by atoms with Gasteiger partial charge < -0.3 is 0 Å². The maximum atomic E-state index is 2.37. The third kappa shape index (κ3) is 0.620. The van der Waals surface area contributed by atoms with Gasteiger partial charge in [-0.1, -0.05) is 24.3 Å². The molecule has 2 saturated carbocycles. The zero-order valence-corrected chi connectivity index (χ0v) is 7.74. The van der Waals surface area contributed by atoms with Gasteiger partial charge in [-0.3, -0.25) is 0 Å². The summed E-state index contributed by atoms with van der Waals surface area (Å²) in [6.45, 7) is 0. The Morgan fingerprint density at radius 2 is 1.38 bits per heavy atom. The molecule has 0 N–H and O–H groups in total. The fraction of sp³-hybridized carbons (Fsp3) is 0.538. The van der Waals surface area contributed by atoms with Gasteiger partial charge in [0.25, 0.3) is 0 Å². The summed E-state index contributed by atoms with van der Waals surface area (Å²) in [5.74, 6) is 4.08. The molecule has 4 atom stereocenters. The third-order valence-corrected chi connectivity index (χ3v) is 4.72. The Kier molecular flexibility index (Phi) is 1.02. The summed E-state index contributed by atoms with van der Waals surface area (Å²) in [4.78, 5) is 0. The second-order valence-electron chi connectivity index (χ2n) is 4.98. The van der Waals surface area contributed by atoms with Crippen LogP contribution in [0.1, 0.15) is 42.2 Å². The molecule has 0 saturated heterocycles. The minimum Gasteiger partial charge on any atom is -0.0620 e. The average molecular weight is 170 g/mol. The molecule has 2 bridgehead atoms. The smallest absolute Gasteiger partial charge is 0.0122 e. The summed E-state index contributed by atoms with van der Waals surface area (Å²) < 4.78 is 0. The van der Waals surface area contributed by atoms with Gasteiger partial charge in [0.05, 0.1) is 0 Å². The van der Waals surface area contributed by atoms with Crippen molar-refractivity contribution < 1.29 is 0 Å². The molecule has 4 rings (SSSR count). The second-order valence-corrected chi connectivity index (χ2v) is 4.98. The second kappa shape index (κ2) is 2.00. The highest BCUT2D eigenvalue weighted by Crippen LogP contribution is 2.66. The number of fused-ring (bicyclic) bond motifs is 8. The average Bonchev–Trinajstić information content (AvgIpc) is 2.55. The summed E-state index contributed by atoms with van der Waals surface area (Å²) in [6, 6.07) is 9.17. The van der Waals surface area contributed by atoms with E-state index in [0.717, 1.165) is 23.7 Å². The third-order valence-electron chi connectivity index (χ3n) is 4.72. The first-order valence-electron chi connectivity index (χ1n) is 5.54. The minimum absolute atomic E-state index is 0.958. The van der Waals surface area contributed by atoms with Gasteiger partial charge in [-0.15, -0.1) is 0 Å². The van der Waals surface area contributed by atoms with Gasteiger partial charge in [0.15, 0.2) is 0 Å². The molecule has 3 aliphatic carbocycles. The number of hydrogen-bond donors (Lipinski definition) is 0. The molecule has 0 heteroatoms. The summed E-state index contributed by atoms with van der Waals surface area (Å²) in [7, 11) is 0. The van der Waals surface area contributed by atoms with E-state index in [9.17, 15) is 0 Å². The van der Waals surface area contributed by atoms with E-state index in [-0.39, 0.29) is 0 Å². The van der Waals surface area contributed by atoms with E-state index < -0.39 is 0 Å². The van der Waals surface area contributed by atoms with Crippen LogP contribution in [0.3, 0.4) is 0 Å². The van der Waals surface area contributed by atoms with E-state index in [0.29, 0.717) is 0 Å². The molecule has 1 aromatic rings. The van der Waals surface area contributed by atoms with Crippen molar-refractivity contribution in [2.75, 3.05) is 0 Å². The van der Waals surface area contributed by atoms with Gasteiger partial charge >= 0.3 is 0 Å². The van der Waals surface area contributed by atoms with E-state index in [1.54, 1.807) is 11.1 Å². The molecule has 0 heterocycles. The lowest BCUT2D eigenvalue weighted by Gasteiger charge is -2.41. The van der Waals surface area contributed by atoms with Gasteiger partial charge in [0.2, 0.25) is 0 Å². The maximum Gasteiger partial charge on any atom is -0.0122 e. The van der Waals surface area contributed by atoms with Crippen molar-refractivity contribution in [3.63, 3.8) is 0 Å². The Balaban J connectivity index is 1.94. The highest BCUT2D eigenvalue weighted by Gasteiger charge is 2.54. The van der Waals surface area contributed by atoms with Crippen LogP contribution >= 0.6 is 0 Å². The van der Waals surface area contributed by atoms with Crippen molar-refractivity contribution in [1.82, 2.24) is 0 Å². The summed E-state index contributed by atoms with van der Waals surface area (Å²) in [5.41, 5.74) is 3.40. The topological polar surface area (TPSA) is 0 Å². The minimum atomic E-state index is 0.958. The van der Waals surface area contributed by atoms with Crippen LogP contribution in [0.25, 0.3) is 0 Å². The van der Waals surface area contributed by atoms with Crippen molar-refractivity contribution >= 4 is 0 Å². The van der Waals surface area contributed by atoms with E-state index in [2.05, 4.69) is 24.3 Å². The van der Waals surface area contributed by atoms with Crippen molar-refractivity contribution in [2.24, 2.45) is 11.8 Å². The molecule has 2 fully saturated rings. The van der Waals surface area contributed by atoms with Gasteiger partial charge in [-0.05, 0) is 54.1 Å². The van der Waals surface area contributed by atoms with Gasteiger partial charge in [0, 0.05) is 0 Å². The first-order chi connectivity index (χ1) is 6.45. The summed E-state index contributed by atoms with van der Waals surface area (Å²) in [5, 5.41) is 0. The Morgan fingerprint density at radius 3 is 1.85 bits per heavy atom. The van der Waals surface area contributed by atoms with Gasteiger partial charge in [-0.2, -0.15) is 0 Å². The van der Waals surface area contributed by atoms with Gasteiger partial charge in [-0.25, -0.2) is 0 Å². The fourth-order valence-corrected chi connectivity index (χ4v) is 4.08. The molecule has 66 valence electrons. The Bertz CT molecular complexity index is 331. The highest BCUT2D eigenvalue weighted by molar-refractivity contribution is 5.44. The van der Waals surface area contributed by atoms with E-state index in [4.69, 9.17) is 0 Å². The number of benzene rings is 1. The first-order valence-corrected chi connectivity index (χ1v) is 5.54. The van der Waals surface area contributed by atoms with Crippen LogP contribution in [0.5, 0.6) is 0 Å². The molecule has 4 unspecified atom stereocenters. The Morgan fingerprint density at radius 1 is 0.846 bits per heavy atom. The zero-order valence-electron chi connectivity index (χ0n) is 7.74. The number of rotatable bonds is 0. The SMILES string of the molecule is c1ccc2c(c1)C1CC2C2CCC12. The van der Waals surface area contributed by atoms with Crippen molar-refractivity contribution in [1.29, 1.82) is 0 Å². The van der Waals surface area contributed by atoms with Gasteiger partial charge in [0.1, 0.15) is 0 Å². The van der Waals surface area contributed by atoms with Crippen LogP contribution < -0.4 is 0 Å². The molecule has 0 radical (unpaired) electrons. The monoisotopic (exact) mass is 170 g/mol. The lowest BCUT2D eigenvalue weighted by atomic mass is 9.64. The quantitative estimate of drug-likeness (QED) is 0.560. The van der Waals surface area contributed by atoms with Crippen LogP contribution in [-0.2, 0) is 0 Å². The van der Waals surface area contributed by atoms with Crippen molar-refractivity contribution in [3.05, 3.63) is 35.4 Å². The normalized spacial score (nSPS) is 44.0. The van der Waals surface area contributed by atoms with E-state index >= 15 is 0 Å². The molecule has 1 aromatic carbocycles. The fourth-order valence-electron chi connectivity index (χ4n) is 4.08. The number of hydrogen-bond acceptors (Lipinski definition) is 0. The maximum absolute atomic E-state index is 2.37. The standard InChI is InChI=1S/C13H14/c1-2-4-9-8(3-1)12-7-13(9)11-6-5-10(11)12/h1-4,10-13H,5-7H2. The predicted octanol–water partition coefficient (Wildman–Crippen LogP) is 3.30. The largest absolute Gasteiger partial charge is 0.0620 e. The lowest BCUT2D eigenvalue weighted by molar-refractivity contribution is 0.175. The summed E-state index contributed by atoms with van der Waals surface area (Å²) in [6.07, 6.45) is 4.51. The van der Waals surface area contributed by atoms with Crippen molar-refractivity contribution in [2.45, 2.75) is 31.1 Å². The zero-order chi connectivity index (χ0) is 8.41. The highest BCUT2D eigenvalue weighted by atomic mass is 14.6. The van der Waals surface area contributed by atoms with Crippen LogP contribution in [0, 0.1) is 11.8 Å². The van der Waals surface area contributed by atoms with Crippen LogP contribution in [0.4, 0.5) is 0 Å². The molecule has 0 nitrogen and oxygen atoms in total. The molecular formula is C13H14. The summed E-state index contributed by atoms with van der Waals surface area (Å²) >= 11 is 0. The van der Waals surface area contributed by atoms with Crippen LogP contribution in [-0.4, -0.2) is 0 Å². The Hall–Kier alpha value is -0.780. The molecule has 0 spiro atoms. The van der Waals surface area contributed by atoms with E-state index in [1.807, 2.05) is 0 Å². The van der Waals surface area contributed by atoms with E-state index in [1.165, 1.54) is 19.3 Å². The molecule has 3 aliphatic rings. The van der Waals surface area contributed by atoms with Crippen LogP contribution in [0.15, 0.2) is 24.3 Å². The molecule has 0 amide bonds. The van der Waals surface area contributed by atoms with Crippen molar-refractivity contribution in [3.8, 4) is 0 Å². The molecular weight excluding hydrogens is 156 g/mol. The molecule has 0 aromatic heterocycles.